The number of rotatable bonds is 3. The van der Waals surface area contributed by atoms with Crippen LogP contribution in [0.4, 0.5) is 5.69 Å². The molecule has 2 N–H and O–H groups in total. The van der Waals surface area contributed by atoms with E-state index in [1.165, 1.54) is 12.8 Å². The van der Waals surface area contributed by atoms with Crippen LogP contribution in [0.2, 0.25) is 0 Å². The minimum atomic E-state index is -3.57. The molecule has 0 unspecified atom stereocenters. The van der Waals surface area contributed by atoms with Crippen LogP contribution < -0.4 is 10.0 Å². The number of sulfonamides is 1. The third-order valence-corrected chi connectivity index (χ3v) is 7.30. The minimum absolute atomic E-state index is 0.0168. The van der Waals surface area contributed by atoms with Gasteiger partial charge in [0.25, 0.3) is 5.91 Å². The maximum atomic E-state index is 12.9. The molecule has 26 heavy (non-hydrogen) atoms. The third kappa shape index (κ3) is 3.45. The molecule has 0 radical (unpaired) electrons. The van der Waals surface area contributed by atoms with E-state index < -0.39 is 10.0 Å². The molecule has 2 fully saturated rings. The number of nitrogens with one attached hydrogen (secondary N) is 2. The summed E-state index contributed by atoms with van der Waals surface area (Å²) in [6.07, 6.45) is 10.4. The number of anilines is 1. The maximum Gasteiger partial charge on any atom is 0.256 e. The lowest BCUT2D eigenvalue weighted by molar-refractivity contribution is -0.110. The lowest BCUT2D eigenvalue weighted by atomic mass is 10.00. The van der Waals surface area contributed by atoms with Crippen molar-refractivity contribution in [2.45, 2.75) is 75.1 Å². The van der Waals surface area contributed by atoms with Crippen LogP contribution in [0.5, 0.6) is 0 Å². The van der Waals surface area contributed by atoms with Crippen LogP contribution in [0.25, 0.3) is 5.57 Å². The highest BCUT2D eigenvalue weighted by molar-refractivity contribution is 7.89. The van der Waals surface area contributed by atoms with E-state index in [-0.39, 0.29) is 16.8 Å². The van der Waals surface area contributed by atoms with Crippen LogP contribution in [-0.2, 0) is 14.8 Å². The monoisotopic (exact) mass is 374 g/mol. The van der Waals surface area contributed by atoms with E-state index in [0.717, 1.165) is 68.2 Å². The Hall–Kier alpha value is -1.66. The summed E-state index contributed by atoms with van der Waals surface area (Å²) < 4.78 is 28.7. The van der Waals surface area contributed by atoms with Gasteiger partial charge in [-0.3, -0.25) is 4.79 Å². The number of carbonyl (C=O) groups is 1. The second kappa shape index (κ2) is 7.16. The van der Waals surface area contributed by atoms with Crippen LogP contribution >= 0.6 is 0 Å². The summed E-state index contributed by atoms with van der Waals surface area (Å²) >= 11 is 0. The molecule has 1 heterocycles. The molecule has 0 bridgehead atoms. The summed E-state index contributed by atoms with van der Waals surface area (Å²) in [6.45, 7) is 0. The Bertz CT molecular complexity index is 842. The largest absolute Gasteiger partial charge is 0.321 e. The summed E-state index contributed by atoms with van der Waals surface area (Å²) in [5, 5.41) is 2.88. The highest BCUT2D eigenvalue weighted by Gasteiger charge is 2.30. The molecule has 3 aliphatic rings. The third-order valence-electron chi connectivity index (χ3n) is 5.78. The van der Waals surface area contributed by atoms with Crippen LogP contribution in [0.15, 0.2) is 28.7 Å². The molecule has 4 rings (SSSR count). The van der Waals surface area contributed by atoms with Gasteiger partial charge in [-0.1, -0.05) is 31.3 Å². The molecule has 1 aromatic carbocycles. The van der Waals surface area contributed by atoms with E-state index in [2.05, 4.69) is 10.0 Å². The van der Waals surface area contributed by atoms with Crippen molar-refractivity contribution in [1.82, 2.24) is 4.72 Å². The molecule has 5 nitrogen and oxygen atoms in total. The molecular formula is C20H26N2O3S. The first-order valence-corrected chi connectivity index (χ1v) is 11.2. The first-order valence-electron chi connectivity index (χ1n) is 9.75. The molecule has 0 spiro atoms. The van der Waals surface area contributed by atoms with Crippen LogP contribution in [0.3, 0.4) is 0 Å². The van der Waals surface area contributed by atoms with Crippen molar-refractivity contribution in [3.8, 4) is 0 Å². The Morgan fingerprint density at radius 3 is 2.35 bits per heavy atom. The predicted molar refractivity (Wildman–Crippen MR) is 102 cm³/mol. The van der Waals surface area contributed by atoms with Gasteiger partial charge in [0, 0.05) is 22.9 Å². The standard InChI is InChI=1S/C20H26N2O3S/c23-20-19(14-7-5-6-8-14)17-13-16(11-12-18(17)21-20)26(24,25)22-15-9-3-1-2-4-10-15/h11-13,15,22H,1-10H2,(H,21,23). The molecule has 2 aliphatic carbocycles. The quantitative estimate of drug-likeness (QED) is 0.621. The van der Waals surface area contributed by atoms with E-state index in [1.54, 1.807) is 18.2 Å². The van der Waals surface area contributed by atoms with Gasteiger partial charge in [-0.25, -0.2) is 13.1 Å². The molecule has 2 saturated carbocycles. The number of carbonyl (C=O) groups excluding carboxylic acids is 1. The fourth-order valence-electron chi connectivity index (χ4n) is 4.40. The molecular weight excluding hydrogens is 348 g/mol. The number of amides is 1. The Kier molecular flexibility index (Phi) is 4.88. The average molecular weight is 375 g/mol. The second-order valence-corrected chi connectivity index (χ2v) is 9.37. The normalized spacial score (nSPS) is 21.6. The van der Waals surface area contributed by atoms with E-state index in [4.69, 9.17) is 0 Å². The summed E-state index contributed by atoms with van der Waals surface area (Å²) in [4.78, 5) is 12.7. The van der Waals surface area contributed by atoms with E-state index in [9.17, 15) is 13.2 Å². The highest BCUT2D eigenvalue weighted by atomic mass is 32.2. The summed E-state index contributed by atoms with van der Waals surface area (Å²) in [6, 6.07) is 5.01. The molecule has 0 saturated heterocycles. The summed E-state index contributed by atoms with van der Waals surface area (Å²) in [7, 11) is -3.57. The van der Waals surface area contributed by atoms with Crippen molar-refractivity contribution in [2.75, 3.05) is 5.32 Å². The molecule has 1 aliphatic heterocycles. The van der Waals surface area contributed by atoms with Gasteiger partial charge in [-0.2, -0.15) is 0 Å². The van der Waals surface area contributed by atoms with Gasteiger partial charge in [0.2, 0.25) is 10.0 Å². The molecule has 140 valence electrons. The number of hydrogen-bond acceptors (Lipinski definition) is 3. The Morgan fingerprint density at radius 2 is 1.65 bits per heavy atom. The van der Waals surface area contributed by atoms with E-state index in [1.807, 2.05) is 0 Å². The van der Waals surface area contributed by atoms with Gasteiger partial charge in [-0.05, 0) is 56.7 Å². The van der Waals surface area contributed by atoms with Crippen LogP contribution in [0, 0.1) is 0 Å². The lowest BCUT2D eigenvalue weighted by Crippen LogP contribution is -2.34. The minimum Gasteiger partial charge on any atom is -0.321 e. The van der Waals surface area contributed by atoms with Crippen LogP contribution in [0.1, 0.15) is 69.8 Å². The maximum absolute atomic E-state index is 12.9. The lowest BCUT2D eigenvalue weighted by Gasteiger charge is -2.17. The van der Waals surface area contributed by atoms with Gasteiger partial charge in [0.05, 0.1) is 4.90 Å². The Morgan fingerprint density at radius 1 is 0.962 bits per heavy atom. The van der Waals surface area contributed by atoms with Gasteiger partial charge >= 0.3 is 0 Å². The van der Waals surface area contributed by atoms with Gasteiger partial charge < -0.3 is 5.32 Å². The number of fused-ring (bicyclic) bond motifs is 1. The van der Waals surface area contributed by atoms with Crippen molar-refractivity contribution >= 4 is 27.2 Å². The van der Waals surface area contributed by atoms with E-state index in [0.29, 0.717) is 5.57 Å². The number of hydrogen-bond donors (Lipinski definition) is 2. The predicted octanol–water partition coefficient (Wildman–Crippen LogP) is 3.97. The first-order chi connectivity index (χ1) is 12.5. The van der Waals surface area contributed by atoms with Crippen molar-refractivity contribution in [2.24, 2.45) is 0 Å². The van der Waals surface area contributed by atoms with Crippen molar-refractivity contribution in [1.29, 1.82) is 0 Å². The molecule has 1 aromatic rings. The Labute approximate surface area is 155 Å². The van der Waals surface area contributed by atoms with Gasteiger partial charge in [0.15, 0.2) is 0 Å². The molecule has 6 heteroatoms. The van der Waals surface area contributed by atoms with Gasteiger partial charge in [0.1, 0.15) is 0 Å². The highest BCUT2D eigenvalue weighted by Crippen LogP contribution is 2.40. The zero-order chi connectivity index (χ0) is 18.1. The molecule has 1 amide bonds. The number of benzene rings is 1. The smallest absolute Gasteiger partial charge is 0.256 e. The first kappa shape index (κ1) is 17.7. The average Bonchev–Trinajstić information content (AvgIpc) is 3.15. The van der Waals surface area contributed by atoms with Crippen molar-refractivity contribution < 1.29 is 13.2 Å². The van der Waals surface area contributed by atoms with Crippen molar-refractivity contribution in [3.63, 3.8) is 0 Å². The fraction of sp³-hybridized carbons (Fsp3) is 0.550. The zero-order valence-corrected chi connectivity index (χ0v) is 15.8. The fourth-order valence-corrected chi connectivity index (χ4v) is 5.73. The summed E-state index contributed by atoms with van der Waals surface area (Å²) in [5.41, 5.74) is 3.32. The zero-order valence-electron chi connectivity index (χ0n) is 15.0. The van der Waals surface area contributed by atoms with Crippen molar-refractivity contribution in [3.05, 3.63) is 29.3 Å². The summed E-state index contributed by atoms with van der Waals surface area (Å²) in [5.74, 6) is -0.0943. The molecule has 0 atom stereocenters. The van der Waals surface area contributed by atoms with Crippen LogP contribution in [-0.4, -0.2) is 20.4 Å². The number of allylic oxidation sites excluding steroid dienone is 1. The molecule has 0 aromatic heterocycles. The second-order valence-electron chi connectivity index (χ2n) is 7.66. The topological polar surface area (TPSA) is 75.3 Å². The van der Waals surface area contributed by atoms with E-state index >= 15 is 0 Å². The Balaban J connectivity index is 1.64. The van der Waals surface area contributed by atoms with Gasteiger partial charge in [-0.15, -0.1) is 0 Å². The SMILES string of the molecule is O=C1Nc2ccc(S(=O)(=O)NC3CCCCCC3)cc2C1=C1CCCC1.